The highest BCUT2D eigenvalue weighted by molar-refractivity contribution is 7.13. The first kappa shape index (κ1) is 15.2. The Kier molecular flexibility index (Phi) is 4.59. The zero-order valence-corrected chi connectivity index (χ0v) is 13.8. The normalized spacial score (nSPS) is 17.8. The summed E-state index contributed by atoms with van der Waals surface area (Å²) in [6.45, 7) is 6.65. The second-order valence-corrected chi connectivity index (χ2v) is 6.55. The first-order valence-corrected chi connectivity index (χ1v) is 8.48. The predicted octanol–water partition coefficient (Wildman–Crippen LogP) is 2.38. The molecule has 0 unspecified atom stereocenters. The minimum absolute atomic E-state index is 0.0159. The smallest absolute Gasteiger partial charge is 0.225 e. The Morgan fingerprint density at radius 1 is 1.55 bits per heavy atom. The number of rotatable bonds is 5. The van der Waals surface area contributed by atoms with E-state index in [2.05, 4.69) is 34.9 Å². The highest BCUT2D eigenvalue weighted by Gasteiger charge is 2.23. The van der Waals surface area contributed by atoms with Gasteiger partial charge in [0.1, 0.15) is 0 Å². The first-order chi connectivity index (χ1) is 10.7. The van der Waals surface area contributed by atoms with Crippen molar-refractivity contribution in [3.63, 3.8) is 0 Å². The fourth-order valence-electron chi connectivity index (χ4n) is 2.86. The maximum atomic E-state index is 12.0. The van der Waals surface area contributed by atoms with Gasteiger partial charge in [0.2, 0.25) is 5.91 Å². The van der Waals surface area contributed by atoms with Crippen LogP contribution in [0.5, 0.6) is 0 Å². The van der Waals surface area contributed by atoms with Crippen LogP contribution in [0.3, 0.4) is 0 Å². The number of carbonyl (C=O) groups excluding carboxylic acids is 1. The van der Waals surface area contributed by atoms with Crippen LogP contribution in [0.25, 0.3) is 10.4 Å². The fourth-order valence-corrected chi connectivity index (χ4v) is 3.74. The fraction of sp³-hybridized carbons (Fsp3) is 0.500. The quantitative estimate of drug-likeness (QED) is 0.920. The number of ether oxygens (including phenoxy) is 1. The van der Waals surface area contributed by atoms with Crippen molar-refractivity contribution in [2.75, 3.05) is 19.8 Å². The summed E-state index contributed by atoms with van der Waals surface area (Å²) in [5, 5.41) is 9.67. The number of nitrogens with one attached hydrogen (secondary N) is 1. The molecular weight excluding hydrogens is 298 g/mol. The minimum atomic E-state index is 0.0159. The van der Waals surface area contributed by atoms with Gasteiger partial charge < -0.3 is 10.1 Å². The summed E-state index contributed by atoms with van der Waals surface area (Å²) in [6, 6.07) is 4.17. The molecule has 0 radical (unpaired) electrons. The van der Waals surface area contributed by atoms with Crippen molar-refractivity contribution in [3.8, 4) is 10.4 Å². The molecule has 1 aliphatic heterocycles. The van der Waals surface area contributed by atoms with Crippen LogP contribution in [0.1, 0.15) is 17.8 Å². The van der Waals surface area contributed by atoms with E-state index in [0.29, 0.717) is 26.3 Å². The van der Waals surface area contributed by atoms with Crippen LogP contribution >= 0.6 is 11.3 Å². The lowest BCUT2D eigenvalue weighted by molar-refractivity contribution is -0.124. The molecule has 1 aliphatic rings. The molecule has 2 aromatic heterocycles. The molecule has 5 nitrogen and oxygen atoms in total. The number of aryl methyl sites for hydroxylation is 1. The topological polar surface area (TPSA) is 56.2 Å². The van der Waals surface area contributed by atoms with Gasteiger partial charge in [-0.3, -0.25) is 9.48 Å². The van der Waals surface area contributed by atoms with Crippen molar-refractivity contribution in [3.05, 3.63) is 28.9 Å². The van der Waals surface area contributed by atoms with E-state index < -0.39 is 0 Å². The monoisotopic (exact) mass is 319 g/mol. The summed E-state index contributed by atoms with van der Waals surface area (Å²) in [5.74, 6) is 0.111. The molecule has 1 fully saturated rings. The molecule has 1 saturated heterocycles. The van der Waals surface area contributed by atoms with Crippen LogP contribution in [0.4, 0.5) is 0 Å². The van der Waals surface area contributed by atoms with Gasteiger partial charge in [-0.05, 0) is 31.7 Å². The lowest BCUT2D eigenvalue weighted by Crippen LogP contribution is -2.33. The van der Waals surface area contributed by atoms with Crippen molar-refractivity contribution in [2.24, 2.45) is 5.92 Å². The zero-order valence-electron chi connectivity index (χ0n) is 13.0. The van der Waals surface area contributed by atoms with Crippen LogP contribution in [0, 0.1) is 19.8 Å². The number of carbonyl (C=O) groups is 1. The summed E-state index contributed by atoms with van der Waals surface area (Å²) in [5.41, 5.74) is 3.40. The van der Waals surface area contributed by atoms with Gasteiger partial charge in [-0.25, -0.2) is 0 Å². The Balaban J connectivity index is 1.61. The summed E-state index contributed by atoms with van der Waals surface area (Å²) in [4.78, 5) is 13.2. The van der Waals surface area contributed by atoms with Gasteiger partial charge in [0, 0.05) is 29.3 Å². The van der Waals surface area contributed by atoms with Gasteiger partial charge >= 0.3 is 0 Å². The molecule has 3 heterocycles. The van der Waals surface area contributed by atoms with Crippen LogP contribution in [0.15, 0.2) is 17.5 Å². The predicted molar refractivity (Wildman–Crippen MR) is 86.9 cm³/mol. The van der Waals surface area contributed by atoms with Gasteiger partial charge in [-0.1, -0.05) is 6.07 Å². The number of amides is 1. The van der Waals surface area contributed by atoms with Crippen molar-refractivity contribution < 1.29 is 9.53 Å². The molecule has 1 atom stereocenters. The van der Waals surface area contributed by atoms with Crippen LogP contribution < -0.4 is 5.32 Å². The van der Waals surface area contributed by atoms with Gasteiger partial charge in [-0.15, -0.1) is 11.3 Å². The second kappa shape index (κ2) is 6.62. The van der Waals surface area contributed by atoms with E-state index in [1.54, 1.807) is 11.3 Å². The molecule has 6 heteroatoms. The molecule has 0 aromatic carbocycles. The molecule has 2 aromatic rings. The van der Waals surface area contributed by atoms with Crippen molar-refractivity contribution in [1.82, 2.24) is 15.1 Å². The minimum Gasteiger partial charge on any atom is -0.381 e. The van der Waals surface area contributed by atoms with E-state index in [-0.39, 0.29) is 11.8 Å². The highest BCUT2D eigenvalue weighted by atomic mass is 32.1. The van der Waals surface area contributed by atoms with Crippen molar-refractivity contribution in [1.29, 1.82) is 0 Å². The molecule has 118 valence electrons. The van der Waals surface area contributed by atoms with Crippen molar-refractivity contribution in [2.45, 2.75) is 26.8 Å². The standard InChI is InChI=1S/C16H21N3O2S/c1-11-15(14-4-3-9-22-14)12(2)19(18-11)7-6-17-16(20)13-5-8-21-10-13/h3-4,9,13H,5-8,10H2,1-2H3,(H,17,20)/t13-/m1/s1. The van der Waals surface area contributed by atoms with Crippen LogP contribution in [-0.4, -0.2) is 35.4 Å². The molecular formula is C16H21N3O2S. The molecule has 0 aliphatic carbocycles. The lowest BCUT2D eigenvalue weighted by Gasteiger charge is -2.10. The lowest BCUT2D eigenvalue weighted by atomic mass is 10.1. The third-order valence-electron chi connectivity index (χ3n) is 4.07. The maximum absolute atomic E-state index is 12.0. The third kappa shape index (κ3) is 3.08. The summed E-state index contributed by atoms with van der Waals surface area (Å²) in [7, 11) is 0. The molecule has 0 saturated carbocycles. The third-order valence-corrected chi connectivity index (χ3v) is 4.96. The summed E-state index contributed by atoms with van der Waals surface area (Å²) in [6.07, 6.45) is 0.828. The maximum Gasteiger partial charge on any atom is 0.225 e. The van der Waals surface area contributed by atoms with Gasteiger partial charge in [0.05, 0.1) is 24.8 Å². The molecule has 1 amide bonds. The first-order valence-electron chi connectivity index (χ1n) is 7.60. The average Bonchev–Trinajstić information content (AvgIpc) is 3.22. The Hall–Kier alpha value is -1.66. The highest BCUT2D eigenvalue weighted by Crippen LogP contribution is 2.30. The average molecular weight is 319 g/mol. The summed E-state index contributed by atoms with van der Waals surface area (Å²) >= 11 is 1.73. The van der Waals surface area contributed by atoms with Crippen molar-refractivity contribution >= 4 is 17.2 Å². The molecule has 0 bridgehead atoms. The number of aromatic nitrogens is 2. The SMILES string of the molecule is Cc1nn(CCNC(=O)[C@@H]2CCOC2)c(C)c1-c1cccs1. The number of nitrogens with zero attached hydrogens (tertiary/aromatic N) is 2. The van der Waals surface area contributed by atoms with E-state index in [1.807, 2.05) is 11.6 Å². The molecule has 22 heavy (non-hydrogen) atoms. The Morgan fingerprint density at radius 2 is 2.41 bits per heavy atom. The number of hydrogen-bond acceptors (Lipinski definition) is 4. The van der Waals surface area contributed by atoms with E-state index in [9.17, 15) is 4.79 Å². The number of hydrogen-bond donors (Lipinski definition) is 1. The second-order valence-electron chi connectivity index (χ2n) is 5.60. The van der Waals surface area contributed by atoms with Gasteiger partial charge in [0.25, 0.3) is 0 Å². The van der Waals surface area contributed by atoms with E-state index in [0.717, 1.165) is 17.8 Å². The van der Waals surface area contributed by atoms with Gasteiger partial charge in [-0.2, -0.15) is 5.10 Å². The van der Waals surface area contributed by atoms with E-state index in [4.69, 9.17) is 4.74 Å². The van der Waals surface area contributed by atoms with Crippen LogP contribution in [0.2, 0.25) is 0 Å². The van der Waals surface area contributed by atoms with E-state index in [1.165, 1.54) is 10.4 Å². The molecule has 3 rings (SSSR count). The van der Waals surface area contributed by atoms with Gasteiger partial charge in [0.15, 0.2) is 0 Å². The number of thiophene rings is 1. The zero-order chi connectivity index (χ0) is 15.5. The molecule has 0 spiro atoms. The largest absolute Gasteiger partial charge is 0.381 e. The Labute approximate surface area is 134 Å². The molecule has 1 N–H and O–H groups in total. The van der Waals surface area contributed by atoms with Crippen LogP contribution in [-0.2, 0) is 16.1 Å². The Bertz CT molecular complexity index is 643. The van der Waals surface area contributed by atoms with E-state index >= 15 is 0 Å². The Morgan fingerprint density at radius 3 is 3.09 bits per heavy atom. The summed E-state index contributed by atoms with van der Waals surface area (Å²) < 4.78 is 7.23.